The fourth-order valence-electron chi connectivity index (χ4n) is 3.13. The highest BCUT2D eigenvalue weighted by Crippen LogP contribution is 2.36. The van der Waals surface area contributed by atoms with Crippen molar-refractivity contribution in [2.75, 3.05) is 5.01 Å². The van der Waals surface area contributed by atoms with E-state index in [1.807, 2.05) is 36.4 Å². The molecular weight excluding hydrogens is 483 g/mol. The van der Waals surface area contributed by atoms with Crippen molar-refractivity contribution in [2.45, 2.75) is 13.5 Å². The smallest absolute Gasteiger partial charge is 0.280 e. The molecule has 7 heteroatoms. The number of ether oxygens (including phenoxy) is 1. The number of nitrogens with zero attached hydrogens (tertiary/aromatic N) is 2. The van der Waals surface area contributed by atoms with Crippen LogP contribution in [-0.2, 0) is 11.4 Å². The van der Waals surface area contributed by atoms with Crippen LogP contribution in [0.4, 0.5) is 10.1 Å². The maximum Gasteiger partial charge on any atom is 0.280 e. The van der Waals surface area contributed by atoms with Gasteiger partial charge in [-0.2, -0.15) is 10.1 Å². The summed E-state index contributed by atoms with van der Waals surface area (Å²) >= 11 is 9.93. The molecule has 0 radical (unpaired) electrons. The Labute approximate surface area is 192 Å². The summed E-state index contributed by atoms with van der Waals surface area (Å²) in [5.74, 6) is -0.0266. The lowest BCUT2D eigenvalue weighted by molar-refractivity contribution is -0.114. The fourth-order valence-corrected chi connectivity index (χ4v) is 4.12. The Kier molecular flexibility index (Phi) is 6.20. The average Bonchev–Trinajstić information content (AvgIpc) is 3.03. The Bertz CT molecular complexity index is 1170. The number of rotatable bonds is 5. The number of hydrogen-bond acceptors (Lipinski definition) is 3. The van der Waals surface area contributed by atoms with Gasteiger partial charge in [0.05, 0.1) is 26.5 Å². The van der Waals surface area contributed by atoms with Crippen molar-refractivity contribution in [3.05, 3.63) is 98.7 Å². The summed E-state index contributed by atoms with van der Waals surface area (Å²) in [5, 5.41) is 6.16. The van der Waals surface area contributed by atoms with E-state index in [1.165, 1.54) is 17.1 Å². The molecule has 1 aliphatic heterocycles. The summed E-state index contributed by atoms with van der Waals surface area (Å²) in [7, 11) is 0. The number of carbonyl (C=O) groups excluding carboxylic acids is 1. The number of carbonyl (C=O) groups is 1. The Balaban J connectivity index is 1.55. The molecule has 31 heavy (non-hydrogen) atoms. The van der Waals surface area contributed by atoms with E-state index < -0.39 is 0 Å². The van der Waals surface area contributed by atoms with Gasteiger partial charge < -0.3 is 4.74 Å². The van der Waals surface area contributed by atoms with Crippen LogP contribution in [0.5, 0.6) is 5.75 Å². The molecule has 0 spiro atoms. The second-order valence-electron chi connectivity index (χ2n) is 6.92. The third-order valence-corrected chi connectivity index (χ3v) is 5.56. The summed E-state index contributed by atoms with van der Waals surface area (Å²) in [5.41, 5.74) is 3.38. The summed E-state index contributed by atoms with van der Waals surface area (Å²) in [6.45, 7) is 2.04. The molecule has 4 nitrogen and oxygen atoms in total. The van der Waals surface area contributed by atoms with Crippen LogP contribution in [0, 0.1) is 5.82 Å². The Morgan fingerprint density at radius 2 is 1.84 bits per heavy atom. The predicted octanol–water partition coefficient (Wildman–Crippen LogP) is 6.63. The molecule has 0 aliphatic carbocycles. The average molecular weight is 500 g/mol. The molecule has 0 aromatic heterocycles. The van der Waals surface area contributed by atoms with Gasteiger partial charge >= 0.3 is 0 Å². The quantitative estimate of drug-likeness (QED) is 0.370. The van der Waals surface area contributed by atoms with Crippen molar-refractivity contribution in [3.63, 3.8) is 0 Å². The largest absolute Gasteiger partial charge is 0.486 e. The minimum Gasteiger partial charge on any atom is -0.486 e. The lowest BCUT2D eigenvalue weighted by Crippen LogP contribution is -2.21. The first-order valence-electron chi connectivity index (χ1n) is 9.45. The molecule has 0 unspecified atom stereocenters. The van der Waals surface area contributed by atoms with Gasteiger partial charge in [-0.3, -0.25) is 4.79 Å². The number of hydrazone groups is 1. The molecule has 0 N–H and O–H groups in total. The molecule has 4 rings (SSSR count). The van der Waals surface area contributed by atoms with Crippen LogP contribution >= 0.6 is 27.5 Å². The van der Waals surface area contributed by atoms with Crippen molar-refractivity contribution in [1.29, 1.82) is 0 Å². The van der Waals surface area contributed by atoms with Crippen LogP contribution in [-0.4, -0.2) is 11.6 Å². The van der Waals surface area contributed by atoms with E-state index in [-0.39, 0.29) is 18.3 Å². The highest BCUT2D eigenvalue weighted by Gasteiger charge is 2.28. The van der Waals surface area contributed by atoms with Gasteiger partial charge in [0.15, 0.2) is 5.75 Å². The summed E-state index contributed by atoms with van der Waals surface area (Å²) in [4.78, 5) is 12.9. The van der Waals surface area contributed by atoms with Crippen molar-refractivity contribution in [3.8, 4) is 5.75 Å². The summed E-state index contributed by atoms with van der Waals surface area (Å²) in [6.07, 6.45) is 1.75. The third-order valence-electron chi connectivity index (χ3n) is 4.69. The van der Waals surface area contributed by atoms with Crippen molar-refractivity contribution in [2.24, 2.45) is 5.10 Å². The van der Waals surface area contributed by atoms with Gasteiger partial charge in [-0.15, -0.1) is 0 Å². The van der Waals surface area contributed by atoms with Crippen molar-refractivity contribution >= 4 is 50.9 Å². The van der Waals surface area contributed by atoms with Crippen LogP contribution in [0.25, 0.3) is 6.08 Å². The number of hydrogen-bond donors (Lipinski definition) is 0. The van der Waals surface area contributed by atoms with Crippen LogP contribution < -0.4 is 9.75 Å². The monoisotopic (exact) mass is 498 g/mol. The first-order chi connectivity index (χ1) is 14.9. The molecule has 0 bridgehead atoms. The van der Waals surface area contributed by atoms with E-state index in [4.69, 9.17) is 16.3 Å². The first-order valence-corrected chi connectivity index (χ1v) is 10.6. The minimum atomic E-state index is -0.300. The topological polar surface area (TPSA) is 41.9 Å². The van der Waals surface area contributed by atoms with Crippen LogP contribution in [0.15, 0.2) is 81.9 Å². The molecule has 3 aromatic rings. The Hall–Kier alpha value is -2.96. The summed E-state index contributed by atoms with van der Waals surface area (Å²) in [6, 6.07) is 18.9. The summed E-state index contributed by atoms with van der Waals surface area (Å²) < 4.78 is 19.5. The highest BCUT2D eigenvalue weighted by atomic mass is 79.9. The fraction of sp³-hybridized carbons (Fsp3) is 0.0833. The maximum absolute atomic E-state index is 13.1. The number of halogens is 3. The predicted molar refractivity (Wildman–Crippen MR) is 125 cm³/mol. The van der Waals surface area contributed by atoms with E-state index in [1.54, 1.807) is 31.2 Å². The molecule has 0 saturated heterocycles. The van der Waals surface area contributed by atoms with E-state index >= 15 is 0 Å². The normalized spacial score (nSPS) is 14.8. The zero-order valence-electron chi connectivity index (χ0n) is 16.5. The Morgan fingerprint density at radius 1 is 1.13 bits per heavy atom. The van der Waals surface area contributed by atoms with Gasteiger partial charge in [-0.25, -0.2) is 4.39 Å². The van der Waals surface area contributed by atoms with Crippen LogP contribution in [0.1, 0.15) is 18.1 Å². The maximum atomic E-state index is 13.1. The van der Waals surface area contributed by atoms with Crippen molar-refractivity contribution < 1.29 is 13.9 Å². The van der Waals surface area contributed by atoms with Crippen molar-refractivity contribution in [1.82, 2.24) is 0 Å². The molecule has 156 valence electrons. The number of amides is 1. The minimum absolute atomic E-state index is 0.201. The number of para-hydroxylation sites is 1. The number of anilines is 1. The molecule has 1 amide bonds. The SMILES string of the molecule is CC1=NN(c2ccccc2)C(=O)/C1=C/c1cc(Cl)c(OCc2ccc(F)cc2)c(Br)c1. The van der Waals surface area contributed by atoms with E-state index in [2.05, 4.69) is 21.0 Å². The highest BCUT2D eigenvalue weighted by molar-refractivity contribution is 9.10. The zero-order chi connectivity index (χ0) is 22.0. The van der Waals surface area contributed by atoms with Gasteiger partial charge in [0.2, 0.25) is 0 Å². The van der Waals surface area contributed by atoms with Gasteiger partial charge in [0, 0.05) is 0 Å². The zero-order valence-corrected chi connectivity index (χ0v) is 18.8. The van der Waals surface area contributed by atoms with Crippen LogP contribution in [0.2, 0.25) is 5.02 Å². The second kappa shape index (κ2) is 9.04. The molecule has 3 aromatic carbocycles. The molecule has 0 atom stereocenters. The molecule has 0 saturated carbocycles. The van der Waals surface area contributed by atoms with Gasteiger partial charge in [0.1, 0.15) is 12.4 Å². The Morgan fingerprint density at radius 3 is 2.52 bits per heavy atom. The molecule has 0 fully saturated rings. The molecule has 1 heterocycles. The van der Waals surface area contributed by atoms with E-state index in [0.29, 0.717) is 32.2 Å². The van der Waals surface area contributed by atoms with E-state index in [0.717, 1.165) is 11.1 Å². The third kappa shape index (κ3) is 4.70. The number of benzene rings is 3. The van der Waals surface area contributed by atoms with E-state index in [9.17, 15) is 9.18 Å². The van der Waals surface area contributed by atoms with Gasteiger partial charge in [-0.1, -0.05) is 41.9 Å². The van der Waals surface area contributed by atoms with Crippen LogP contribution in [0.3, 0.4) is 0 Å². The van der Waals surface area contributed by atoms with Gasteiger partial charge in [0.25, 0.3) is 5.91 Å². The first kappa shape index (κ1) is 21.3. The second-order valence-corrected chi connectivity index (χ2v) is 8.19. The lowest BCUT2D eigenvalue weighted by Gasteiger charge is -2.12. The lowest BCUT2D eigenvalue weighted by atomic mass is 10.1. The van der Waals surface area contributed by atoms with Gasteiger partial charge in [-0.05, 0) is 76.5 Å². The molecule has 1 aliphatic rings. The molecular formula is C24H17BrClFN2O2. The standard InChI is InChI=1S/C24H17BrClFN2O2/c1-15-20(24(30)29(28-15)19-5-3-2-4-6-19)11-17-12-21(25)23(22(26)13-17)31-14-16-7-9-18(27)10-8-16/h2-13H,14H2,1H3/b20-11+.